The van der Waals surface area contributed by atoms with Crippen LogP contribution >= 0.6 is 15.9 Å². The van der Waals surface area contributed by atoms with Crippen LogP contribution in [0.1, 0.15) is 18.4 Å². The highest BCUT2D eigenvalue weighted by Crippen LogP contribution is 2.39. The van der Waals surface area contributed by atoms with Gasteiger partial charge in [0.15, 0.2) is 0 Å². The molecule has 1 atom stereocenters. The summed E-state index contributed by atoms with van der Waals surface area (Å²) in [7, 11) is 2.06. The van der Waals surface area contributed by atoms with Gasteiger partial charge in [0.05, 0.1) is 17.3 Å². The fourth-order valence-electron chi connectivity index (χ4n) is 3.55. The molecule has 0 saturated carbocycles. The smallest absolute Gasteiger partial charge is 0.350 e. The van der Waals surface area contributed by atoms with Crippen LogP contribution in [0, 0.1) is 0 Å². The molecular weight excluding hydrogens is 437 g/mol. The van der Waals surface area contributed by atoms with E-state index in [1.54, 1.807) is 10.5 Å². The number of anilines is 1. The van der Waals surface area contributed by atoms with Gasteiger partial charge in [0.1, 0.15) is 12.0 Å². The Hall–Kier alpha value is -2.20. The fraction of sp³-hybridized carbons (Fsp3) is 0.389. The number of rotatable bonds is 3. The van der Waals surface area contributed by atoms with Gasteiger partial charge >= 0.3 is 6.18 Å². The second-order valence-corrected chi connectivity index (χ2v) is 7.87. The maximum absolute atomic E-state index is 13.6. The highest BCUT2D eigenvalue weighted by molar-refractivity contribution is 9.10. The number of hydrogen-bond donors (Lipinski definition) is 1. The third-order valence-corrected chi connectivity index (χ3v) is 5.35. The van der Waals surface area contributed by atoms with E-state index in [1.807, 2.05) is 0 Å². The van der Waals surface area contributed by atoms with E-state index in [9.17, 15) is 13.2 Å². The van der Waals surface area contributed by atoms with E-state index < -0.39 is 11.7 Å². The summed E-state index contributed by atoms with van der Waals surface area (Å²) in [5.41, 5.74) is -0.190. The maximum atomic E-state index is 13.6. The van der Waals surface area contributed by atoms with Gasteiger partial charge in [-0.1, -0.05) is 22.0 Å². The number of likely N-dealkylation sites (N-methyl/N-ethyl adjacent to an activating group) is 1. The summed E-state index contributed by atoms with van der Waals surface area (Å²) in [5.74, 6) is 0.474. The Balaban J connectivity index is 1.76. The Kier molecular flexibility index (Phi) is 5.00. The van der Waals surface area contributed by atoms with E-state index in [0.717, 1.165) is 32.0 Å². The van der Waals surface area contributed by atoms with E-state index in [4.69, 9.17) is 0 Å². The molecule has 1 unspecified atom stereocenters. The second-order valence-electron chi connectivity index (χ2n) is 6.95. The lowest BCUT2D eigenvalue weighted by Crippen LogP contribution is -2.40. The Morgan fingerprint density at radius 1 is 1.25 bits per heavy atom. The number of benzene rings is 1. The normalized spacial score (nSPS) is 18.5. The summed E-state index contributed by atoms with van der Waals surface area (Å²) in [5, 5.41) is 11.7. The van der Waals surface area contributed by atoms with E-state index >= 15 is 0 Å². The van der Waals surface area contributed by atoms with Crippen molar-refractivity contribution < 1.29 is 13.2 Å². The zero-order chi connectivity index (χ0) is 19.9. The zero-order valence-electron chi connectivity index (χ0n) is 15.0. The Morgan fingerprint density at radius 2 is 2.07 bits per heavy atom. The second kappa shape index (κ2) is 7.32. The van der Waals surface area contributed by atoms with Crippen LogP contribution in [0.2, 0.25) is 0 Å². The number of alkyl halides is 3. The van der Waals surface area contributed by atoms with Gasteiger partial charge in [0.25, 0.3) is 0 Å². The molecule has 0 bridgehead atoms. The molecule has 1 aliphatic heterocycles. The molecule has 4 rings (SSSR count). The number of piperidine rings is 1. The summed E-state index contributed by atoms with van der Waals surface area (Å²) < 4.78 is 42.7. The van der Waals surface area contributed by atoms with Gasteiger partial charge in [-0.2, -0.15) is 13.2 Å². The van der Waals surface area contributed by atoms with Crippen LogP contribution in [0.4, 0.5) is 19.1 Å². The Morgan fingerprint density at radius 3 is 2.82 bits per heavy atom. The molecule has 0 amide bonds. The van der Waals surface area contributed by atoms with E-state index in [1.165, 1.54) is 18.6 Å². The molecule has 3 heterocycles. The highest BCUT2D eigenvalue weighted by Gasteiger charge is 2.35. The average Bonchev–Trinajstić information content (AvgIpc) is 3.12. The van der Waals surface area contributed by atoms with Gasteiger partial charge < -0.3 is 10.2 Å². The molecule has 0 aliphatic carbocycles. The van der Waals surface area contributed by atoms with Crippen molar-refractivity contribution in [1.82, 2.24) is 24.5 Å². The number of aromatic nitrogens is 4. The summed E-state index contributed by atoms with van der Waals surface area (Å²) in [4.78, 5) is 6.34. The van der Waals surface area contributed by atoms with E-state index in [0.29, 0.717) is 15.9 Å². The molecule has 2 aromatic heterocycles. The SMILES string of the molecule is CN1CCCC(Nc2nnc(-c3ccc(Br)cc3C(F)(F)F)c3cncn23)C1. The molecule has 148 valence electrons. The number of nitrogens with zero attached hydrogens (tertiary/aromatic N) is 5. The third kappa shape index (κ3) is 3.70. The van der Waals surface area contributed by atoms with Crippen molar-refractivity contribution in [1.29, 1.82) is 0 Å². The molecule has 1 N–H and O–H groups in total. The molecule has 1 saturated heterocycles. The number of nitrogens with one attached hydrogen (secondary N) is 1. The van der Waals surface area contributed by atoms with E-state index in [-0.39, 0.29) is 17.3 Å². The number of likely N-dealkylation sites (tertiary alicyclic amines) is 1. The van der Waals surface area contributed by atoms with Gasteiger partial charge in [0.2, 0.25) is 5.95 Å². The van der Waals surface area contributed by atoms with Crippen LogP contribution in [0.15, 0.2) is 35.2 Å². The predicted octanol–water partition coefficient (Wildman–Crippen LogP) is 4.08. The number of fused-ring (bicyclic) bond motifs is 1. The quantitative estimate of drug-likeness (QED) is 0.645. The largest absolute Gasteiger partial charge is 0.417 e. The molecule has 1 fully saturated rings. The average molecular weight is 455 g/mol. The summed E-state index contributed by atoms with van der Waals surface area (Å²) in [6.07, 6.45) is 0.593. The standard InChI is InChI=1S/C18H18BrF3N6/c1-27-6-2-3-12(9-27)24-17-26-25-16(15-8-23-10-28(15)17)13-5-4-11(19)7-14(13)18(20,21)22/h4-5,7-8,10,12H,2-3,6,9H2,1H3,(H,24,26). The van der Waals surface area contributed by atoms with E-state index in [2.05, 4.69) is 48.4 Å². The lowest BCUT2D eigenvalue weighted by atomic mass is 10.0. The van der Waals surface area contributed by atoms with Gasteiger partial charge in [-0.15, -0.1) is 10.2 Å². The maximum Gasteiger partial charge on any atom is 0.417 e. The summed E-state index contributed by atoms with van der Waals surface area (Å²) in [6, 6.07) is 4.20. The van der Waals surface area contributed by atoms with Crippen LogP contribution in [-0.4, -0.2) is 50.7 Å². The molecule has 6 nitrogen and oxygen atoms in total. The summed E-state index contributed by atoms with van der Waals surface area (Å²) in [6.45, 7) is 1.91. The molecule has 10 heteroatoms. The van der Waals surface area contributed by atoms with Crippen molar-refractivity contribution in [3.63, 3.8) is 0 Å². The number of imidazole rings is 1. The van der Waals surface area contributed by atoms with Crippen LogP contribution in [0.5, 0.6) is 0 Å². The van der Waals surface area contributed by atoms with Crippen molar-refractivity contribution in [2.24, 2.45) is 0 Å². The minimum absolute atomic E-state index is 0.0300. The number of halogens is 4. The molecule has 28 heavy (non-hydrogen) atoms. The van der Waals surface area contributed by atoms with Crippen molar-refractivity contribution in [3.05, 3.63) is 40.8 Å². The lowest BCUT2D eigenvalue weighted by Gasteiger charge is -2.30. The van der Waals surface area contributed by atoms with Crippen molar-refractivity contribution >= 4 is 27.4 Å². The van der Waals surface area contributed by atoms with Crippen LogP contribution in [0.3, 0.4) is 0 Å². The van der Waals surface area contributed by atoms with Gasteiger partial charge in [-0.25, -0.2) is 4.98 Å². The molecule has 1 aliphatic rings. The van der Waals surface area contributed by atoms with Crippen LogP contribution < -0.4 is 5.32 Å². The van der Waals surface area contributed by atoms with Crippen molar-refractivity contribution in [3.8, 4) is 11.3 Å². The first-order chi connectivity index (χ1) is 13.3. The van der Waals surface area contributed by atoms with Crippen LogP contribution in [-0.2, 0) is 6.18 Å². The lowest BCUT2D eigenvalue weighted by molar-refractivity contribution is -0.137. The first-order valence-electron chi connectivity index (χ1n) is 8.84. The van der Waals surface area contributed by atoms with Crippen LogP contribution in [0.25, 0.3) is 16.8 Å². The minimum atomic E-state index is -4.51. The first-order valence-corrected chi connectivity index (χ1v) is 9.63. The minimum Gasteiger partial charge on any atom is -0.350 e. The molecule has 0 radical (unpaired) electrons. The summed E-state index contributed by atoms with van der Waals surface area (Å²) >= 11 is 3.11. The Bertz CT molecular complexity index is 1000. The molecule has 3 aromatic rings. The number of hydrogen-bond acceptors (Lipinski definition) is 5. The van der Waals surface area contributed by atoms with Gasteiger partial charge in [0, 0.05) is 22.6 Å². The zero-order valence-corrected chi connectivity index (χ0v) is 16.6. The highest BCUT2D eigenvalue weighted by atomic mass is 79.9. The Labute approximate surface area is 167 Å². The predicted molar refractivity (Wildman–Crippen MR) is 103 cm³/mol. The monoisotopic (exact) mass is 454 g/mol. The van der Waals surface area contributed by atoms with Crippen molar-refractivity contribution in [2.45, 2.75) is 25.1 Å². The van der Waals surface area contributed by atoms with Crippen molar-refractivity contribution in [2.75, 3.05) is 25.5 Å². The molecular formula is C18H18BrF3N6. The fourth-order valence-corrected chi connectivity index (χ4v) is 3.91. The van der Waals surface area contributed by atoms with Gasteiger partial charge in [-0.05, 0) is 38.6 Å². The first kappa shape index (κ1) is 19.1. The van der Waals surface area contributed by atoms with Gasteiger partial charge in [-0.3, -0.25) is 4.40 Å². The topological polar surface area (TPSA) is 58.3 Å². The molecule has 0 spiro atoms. The third-order valence-electron chi connectivity index (χ3n) is 4.85. The molecule has 1 aromatic carbocycles.